The first-order chi connectivity index (χ1) is 26.8. The van der Waals surface area contributed by atoms with Crippen molar-refractivity contribution < 1.29 is 54.9 Å². The molecule has 3 N–H and O–H groups in total. The molecule has 0 radical (unpaired) electrons. The minimum atomic E-state index is -4.05. The van der Waals surface area contributed by atoms with Crippen LogP contribution in [0.2, 0.25) is 0 Å². The molecule has 0 bridgehead atoms. The fraction of sp³-hybridized carbons (Fsp3) is 0.625. The Kier molecular flexibility index (Phi) is 11.8. The Morgan fingerprint density at radius 1 is 1.18 bits per heavy atom. The van der Waals surface area contributed by atoms with Crippen LogP contribution in [0.1, 0.15) is 90.3 Å². The molecule has 14 nitrogen and oxygen atoms in total. The van der Waals surface area contributed by atoms with Crippen LogP contribution in [0.4, 0.5) is 13.6 Å². The molecule has 0 spiro atoms. The zero-order valence-electron chi connectivity index (χ0n) is 33.2. The summed E-state index contributed by atoms with van der Waals surface area (Å²) in [7, 11) is -2.50. The van der Waals surface area contributed by atoms with Crippen LogP contribution in [0.3, 0.4) is 0 Å². The molecule has 1 saturated heterocycles. The quantitative estimate of drug-likeness (QED) is 0.250. The van der Waals surface area contributed by atoms with Crippen LogP contribution < -0.4 is 24.8 Å². The molecular weight excluding hydrogens is 765 g/mol. The largest absolute Gasteiger partial charge is 0.497 e. The average Bonchev–Trinajstić information content (AvgIpc) is 4.04. The number of carbonyl (C=O) groups is 4. The highest BCUT2D eigenvalue weighted by Gasteiger charge is 2.63. The molecule has 2 aliphatic heterocycles. The summed E-state index contributed by atoms with van der Waals surface area (Å²) >= 11 is 0. The van der Waals surface area contributed by atoms with Crippen LogP contribution in [-0.4, -0.2) is 96.3 Å². The number of fused-ring (bicyclic) bond motifs is 3. The second-order valence-corrected chi connectivity index (χ2v) is 19.0. The van der Waals surface area contributed by atoms with Gasteiger partial charge in [-0.05, 0) is 101 Å². The highest BCUT2D eigenvalue weighted by Crippen LogP contribution is 2.47. The van der Waals surface area contributed by atoms with Gasteiger partial charge < -0.3 is 29.7 Å². The van der Waals surface area contributed by atoms with Gasteiger partial charge in [0.05, 0.1) is 18.4 Å². The van der Waals surface area contributed by atoms with Gasteiger partial charge >= 0.3 is 6.09 Å². The SMILES string of the molecule is CC[C@@H]1C[C@H](C)CC/C=C\[C@@H]2C[C@@]2(C(=O)NS(=O)(=O)C2(C)CC2)NC(=O)[C@@H]2C[C@@H](Oc3nccc4cc(OC)ccc34)CN2C(=O)C1NC(=O)OC(C)(C)C(F)F.[HH].[HH].[HH]. The van der Waals surface area contributed by atoms with Crippen molar-refractivity contribution in [2.75, 3.05) is 13.7 Å². The zero-order valence-corrected chi connectivity index (χ0v) is 34.0. The van der Waals surface area contributed by atoms with E-state index in [4.69, 9.17) is 14.2 Å². The summed E-state index contributed by atoms with van der Waals surface area (Å²) in [5.74, 6) is -2.34. The van der Waals surface area contributed by atoms with E-state index in [1.165, 1.54) is 4.90 Å². The van der Waals surface area contributed by atoms with Crippen LogP contribution in [0, 0.1) is 17.8 Å². The molecule has 318 valence electrons. The van der Waals surface area contributed by atoms with Crippen LogP contribution in [0.25, 0.3) is 10.8 Å². The van der Waals surface area contributed by atoms with E-state index < -0.39 is 86.2 Å². The predicted octanol–water partition coefficient (Wildman–Crippen LogP) is 5.74. The van der Waals surface area contributed by atoms with E-state index in [1.54, 1.807) is 38.4 Å². The normalized spacial score (nSPS) is 29.5. The molecule has 7 atom stereocenters. The molecule has 4 aliphatic rings. The number of sulfonamides is 1. The molecule has 2 aliphatic carbocycles. The average molecular weight is 824 g/mol. The second kappa shape index (κ2) is 16.0. The number of methoxy groups -OCH3 is 1. The molecule has 2 aromatic rings. The van der Waals surface area contributed by atoms with Gasteiger partial charge in [-0.3, -0.25) is 19.1 Å². The predicted molar refractivity (Wildman–Crippen MR) is 212 cm³/mol. The summed E-state index contributed by atoms with van der Waals surface area (Å²) in [4.78, 5) is 62.3. The van der Waals surface area contributed by atoms with Crippen molar-refractivity contribution in [3.05, 3.63) is 42.6 Å². The van der Waals surface area contributed by atoms with Crippen molar-refractivity contribution in [3.63, 3.8) is 0 Å². The molecule has 1 unspecified atom stereocenters. The number of aromatic nitrogens is 1. The van der Waals surface area contributed by atoms with Gasteiger partial charge in [0, 0.05) is 28.2 Å². The number of amides is 4. The Hall–Kier alpha value is -4.54. The summed E-state index contributed by atoms with van der Waals surface area (Å²) in [6.07, 6.45) is 3.31. The third kappa shape index (κ3) is 8.82. The number of alkyl halides is 2. The number of hydrogen-bond donors (Lipinski definition) is 3. The molecule has 1 aromatic carbocycles. The fourth-order valence-corrected chi connectivity index (χ4v) is 9.07. The molecule has 3 heterocycles. The van der Waals surface area contributed by atoms with Crippen molar-refractivity contribution in [3.8, 4) is 11.6 Å². The van der Waals surface area contributed by atoms with Crippen LogP contribution >= 0.6 is 0 Å². The van der Waals surface area contributed by atoms with Crippen molar-refractivity contribution in [1.82, 2.24) is 25.2 Å². The maximum atomic E-state index is 14.9. The molecular formula is C40H59F2N5O9S. The number of hydrogen-bond acceptors (Lipinski definition) is 10. The maximum absolute atomic E-state index is 14.9. The van der Waals surface area contributed by atoms with Crippen LogP contribution in [-0.2, 0) is 29.1 Å². The molecule has 17 heteroatoms. The lowest BCUT2D eigenvalue weighted by Gasteiger charge is -2.34. The zero-order chi connectivity index (χ0) is 41.5. The van der Waals surface area contributed by atoms with E-state index in [0.717, 1.165) is 19.2 Å². The van der Waals surface area contributed by atoms with Crippen molar-refractivity contribution in [1.29, 1.82) is 0 Å². The molecule has 6 rings (SSSR count). The van der Waals surface area contributed by atoms with Gasteiger partial charge in [0.2, 0.25) is 27.7 Å². The number of pyridine rings is 1. The molecule has 2 saturated carbocycles. The molecule has 1 aromatic heterocycles. The van der Waals surface area contributed by atoms with Gasteiger partial charge in [-0.1, -0.05) is 32.4 Å². The monoisotopic (exact) mass is 823 g/mol. The van der Waals surface area contributed by atoms with E-state index in [2.05, 4.69) is 20.3 Å². The van der Waals surface area contributed by atoms with Crippen LogP contribution in [0.5, 0.6) is 11.6 Å². The van der Waals surface area contributed by atoms with Crippen molar-refractivity contribution in [2.45, 2.75) is 126 Å². The summed E-state index contributed by atoms with van der Waals surface area (Å²) in [6, 6.07) is 4.59. The lowest BCUT2D eigenvalue weighted by molar-refractivity contribution is -0.142. The van der Waals surface area contributed by atoms with E-state index in [9.17, 15) is 36.4 Å². The number of benzene rings is 1. The first-order valence-corrected chi connectivity index (χ1v) is 21.0. The number of alkyl carbamates (subject to hydrolysis) is 1. The first kappa shape index (κ1) is 42.1. The summed E-state index contributed by atoms with van der Waals surface area (Å²) in [5.41, 5.74) is -3.76. The van der Waals surface area contributed by atoms with Gasteiger partial charge in [0.25, 0.3) is 12.3 Å². The summed E-state index contributed by atoms with van der Waals surface area (Å²) in [6.45, 7) is 7.42. The first-order valence-electron chi connectivity index (χ1n) is 19.6. The minimum Gasteiger partial charge on any atom is -0.497 e. The highest BCUT2D eigenvalue weighted by atomic mass is 32.2. The molecule has 4 amide bonds. The smallest absolute Gasteiger partial charge is 0.408 e. The Labute approximate surface area is 336 Å². The third-order valence-corrected chi connectivity index (χ3v) is 14.1. The van der Waals surface area contributed by atoms with Gasteiger partial charge in [-0.25, -0.2) is 27.0 Å². The molecule has 57 heavy (non-hydrogen) atoms. The number of ether oxygens (including phenoxy) is 3. The summed E-state index contributed by atoms with van der Waals surface area (Å²) in [5, 5.41) is 6.84. The maximum Gasteiger partial charge on any atom is 0.408 e. The fourth-order valence-electron chi connectivity index (χ4n) is 7.76. The van der Waals surface area contributed by atoms with E-state index in [1.807, 2.05) is 32.1 Å². The van der Waals surface area contributed by atoms with Crippen molar-refractivity contribution in [2.24, 2.45) is 17.8 Å². The Morgan fingerprint density at radius 3 is 2.58 bits per heavy atom. The van der Waals surface area contributed by atoms with E-state index in [-0.39, 0.29) is 35.5 Å². The summed E-state index contributed by atoms with van der Waals surface area (Å²) < 4.78 is 71.9. The van der Waals surface area contributed by atoms with E-state index in [0.29, 0.717) is 49.7 Å². The third-order valence-electron chi connectivity index (χ3n) is 12.0. The Bertz CT molecular complexity index is 2040. The lowest BCUT2D eigenvalue weighted by atomic mass is 9.85. The Balaban J connectivity index is 0.00000320. The van der Waals surface area contributed by atoms with Crippen molar-refractivity contribution >= 4 is 44.6 Å². The number of nitrogens with one attached hydrogen (secondary N) is 3. The number of nitrogens with zero attached hydrogens (tertiary/aromatic N) is 2. The van der Waals surface area contributed by atoms with E-state index >= 15 is 0 Å². The van der Waals surface area contributed by atoms with Gasteiger partial charge in [-0.2, -0.15) is 0 Å². The number of carbonyl (C=O) groups excluding carboxylic acids is 4. The van der Waals surface area contributed by atoms with Crippen LogP contribution in [0.15, 0.2) is 42.6 Å². The van der Waals surface area contributed by atoms with Gasteiger partial charge in [0.15, 0.2) is 5.60 Å². The topological polar surface area (TPSA) is 182 Å². The second-order valence-electron chi connectivity index (χ2n) is 16.8. The number of allylic oxidation sites excluding steroid dienone is 1. The minimum absolute atomic E-state index is 0. The lowest BCUT2D eigenvalue weighted by Crippen LogP contribution is -2.59. The number of rotatable bonds is 10. The van der Waals surface area contributed by atoms with Gasteiger partial charge in [0.1, 0.15) is 29.5 Å². The standard InChI is InChI=1S/C40H53F2N5O9S.3H2/c1-7-24-18-23(2)10-8-9-11-26-21-40(26,36(50)46-57(52,53)39(5)15-16-39)45-32(48)30-20-28(55-33-29-13-12-27(54-6)19-25(29)14-17-43-33)22-47(30)34(49)31(24)44-37(51)56-38(3,4)35(41)42;;;/h9,11-14,17,19,23-24,26,28,30-31,35H,7-8,10,15-16,18,20-22H2,1-6H3,(H,44,51)(H,45,48)(H,46,50);3*1H/b11-9-;;;/t23-,24-,26-,28-,30+,31?,40-;;;/m1.../s1. The number of halogens is 2. The van der Waals surface area contributed by atoms with Gasteiger partial charge in [-0.15, -0.1) is 0 Å². The highest BCUT2D eigenvalue weighted by molar-refractivity contribution is 7.91. The Morgan fingerprint density at radius 2 is 1.91 bits per heavy atom. The molecule has 3 fully saturated rings.